The molecule has 1 aromatic carbocycles. The van der Waals surface area contributed by atoms with Crippen LogP contribution in [0, 0.1) is 5.82 Å². The first-order chi connectivity index (χ1) is 12.8. The van der Waals surface area contributed by atoms with Crippen molar-refractivity contribution in [3.63, 3.8) is 0 Å². The zero-order valence-corrected chi connectivity index (χ0v) is 14.3. The summed E-state index contributed by atoms with van der Waals surface area (Å²) in [6, 6.07) is 4.00. The largest absolute Gasteiger partial charge is 0.442 e. The highest BCUT2D eigenvalue weighted by molar-refractivity contribution is 5.90. The number of benzene rings is 1. The number of ether oxygens (including phenoxy) is 1. The van der Waals surface area contributed by atoms with E-state index in [0.717, 1.165) is 6.07 Å². The van der Waals surface area contributed by atoms with Gasteiger partial charge in [-0.2, -0.15) is 5.10 Å². The van der Waals surface area contributed by atoms with Crippen LogP contribution in [0.2, 0.25) is 0 Å². The molecule has 1 aromatic heterocycles. The number of hydrogen-bond acceptors (Lipinski definition) is 8. The van der Waals surface area contributed by atoms with Crippen molar-refractivity contribution in [1.82, 2.24) is 15.5 Å². The molecule has 2 heterocycles. The third-order valence-corrected chi connectivity index (χ3v) is 3.75. The fourth-order valence-electron chi connectivity index (χ4n) is 2.41. The number of hydrogen-bond donors (Lipinski definition) is 4. The van der Waals surface area contributed by atoms with Crippen LogP contribution in [0.1, 0.15) is 6.92 Å². The highest BCUT2D eigenvalue weighted by Gasteiger charge is 2.32. The van der Waals surface area contributed by atoms with Gasteiger partial charge in [0.1, 0.15) is 17.6 Å². The first-order valence-corrected chi connectivity index (χ1v) is 7.88. The maximum absolute atomic E-state index is 14.3. The lowest BCUT2D eigenvalue weighted by atomic mass is 10.2. The molecular weight excluding hydrogens is 359 g/mol. The number of anilines is 3. The van der Waals surface area contributed by atoms with E-state index in [-0.39, 0.29) is 42.0 Å². The van der Waals surface area contributed by atoms with Gasteiger partial charge in [0, 0.05) is 13.0 Å². The average Bonchev–Trinajstić information content (AvgIpc) is 3.14. The van der Waals surface area contributed by atoms with E-state index in [1.165, 1.54) is 24.0 Å². The monoisotopic (exact) mass is 376 g/mol. The molecule has 27 heavy (non-hydrogen) atoms. The highest BCUT2D eigenvalue weighted by atomic mass is 19.1. The zero-order valence-electron chi connectivity index (χ0n) is 14.3. The maximum Gasteiger partial charge on any atom is 0.414 e. The number of aromatic nitrogens is 2. The van der Waals surface area contributed by atoms with Crippen LogP contribution in [0.3, 0.4) is 0 Å². The number of nitrogens with zero attached hydrogens (tertiary/aromatic N) is 4. The Morgan fingerprint density at radius 3 is 2.89 bits per heavy atom. The molecule has 0 radical (unpaired) electrons. The normalized spacial score (nSPS) is 16.7. The number of halogens is 1. The predicted octanol–water partition coefficient (Wildman–Crippen LogP) is 1.59. The maximum atomic E-state index is 14.3. The molecule has 2 amide bonds. The van der Waals surface area contributed by atoms with E-state index in [1.807, 2.05) is 0 Å². The van der Waals surface area contributed by atoms with Gasteiger partial charge in [0.25, 0.3) is 0 Å². The second kappa shape index (κ2) is 7.27. The van der Waals surface area contributed by atoms with Crippen LogP contribution in [0.4, 0.5) is 37.9 Å². The van der Waals surface area contributed by atoms with E-state index < -0.39 is 18.0 Å². The van der Waals surface area contributed by atoms with E-state index in [2.05, 4.69) is 25.7 Å². The molecule has 3 rings (SSSR count). The van der Waals surface area contributed by atoms with E-state index in [9.17, 15) is 14.0 Å². The lowest BCUT2D eigenvalue weighted by molar-refractivity contribution is -0.119. The molecule has 142 valence electrons. The standard InChI is InChI=1S/C15H17FN8O3/c1-7(25)19-5-9-6-24(15(26)27-9)8-2-3-11(10(16)4-8)20-21-12-13(17)22-23-14(12)18/h2-4,9H,5-6H2,1H3,(H,19,25)(H5,17,18,22,23)/t9-/m0/s1. The number of nitrogens with two attached hydrogens (primary N) is 2. The summed E-state index contributed by atoms with van der Waals surface area (Å²) in [6.07, 6.45) is -1.14. The summed E-state index contributed by atoms with van der Waals surface area (Å²) in [5.41, 5.74) is 11.5. The van der Waals surface area contributed by atoms with Crippen molar-refractivity contribution in [3.05, 3.63) is 24.0 Å². The first kappa shape index (κ1) is 18.1. The molecule has 11 nitrogen and oxygen atoms in total. The molecule has 0 unspecified atom stereocenters. The van der Waals surface area contributed by atoms with Crippen molar-refractivity contribution < 1.29 is 18.7 Å². The SMILES string of the molecule is CC(=O)NC[C@H]1CN(c2ccc(N=Nc3c(N)n[nH]c3N)c(F)c2)C(=O)O1. The molecule has 1 aliphatic rings. The molecule has 1 aliphatic heterocycles. The summed E-state index contributed by atoms with van der Waals surface area (Å²) in [5.74, 6) is -0.782. The first-order valence-electron chi connectivity index (χ1n) is 7.88. The average molecular weight is 376 g/mol. The minimum atomic E-state index is -0.699. The Labute approximate surface area is 152 Å². The topological polar surface area (TPSA) is 164 Å². The van der Waals surface area contributed by atoms with E-state index in [4.69, 9.17) is 16.2 Å². The predicted molar refractivity (Wildman–Crippen MR) is 94.3 cm³/mol. The van der Waals surface area contributed by atoms with Crippen LogP contribution >= 0.6 is 0 Å². The van der Waals surface area contributed by atoms with Gasteiger partial charge in [-0.05, 0) is 12.1 Å². The second-order valence-electron chi connectivity index (χ2n) is 5.76. The molecule has 1 fully saturated rings. The smallest absolute Gasteiger partial charge is 0.414 e. The van der Waals surface area contributed by atoms with Crippen LogP contribution in [0.25, 0.3) is 0 Å². The molecule has 0 saturated carbocycles. The number of amides is 2. The Bertz CT molecular complexity index is 893. The lowest BCUT2D eigenvalue weighted by Crippen LogP contribution is -2.33. The molecule has 6 N–H and O–H groups in total. The Morgan fingerprint density at radius 2 is 2.26 bits per heavy atom. The number of azo groups is 1. The molecule has 12 heteroatoms. The van der Waals surface area contributed by atoms with Crippen molar-refractivity contribution in [3.8, 4) is 0 Å². The molecular formula is C15H17FN8O3. The Hall–Kier alpha value is -3.70. The van der Waals surface area contributed by atoms with Crippen LogP contribution < -0.4 is 21.7 Å². The van der Waals surface area contributed by atoms with Gasteiger partial charge in [-0.15, -0.1) is 10.2 Å². The van der Waals surface area contributed by atoms with Crippen molar-refractivity contribution in [2.45, 2.75) is 13.0 Å². The summed E-state index contributed by atoms with van der Waals surface area (Å²) in [4.78, 5) is 24.2. The van der Waals surface area contributed by atoms with Gasteiger partial charge in [0.2, 0.25) is 5.91 Å². The van der Waals surface area contributed by atoms with Gasteiger partial charge < -0.3 is 21.5 Å². The zero-order chi connectivity index (χ0) is 19.6. The number of rotatable bonds is 5. The fourth-order valence-corrected chi connectivity index (χ4v) is 2.41. The van der Waals surface area contributed by atoms with Gasteiger partial charge >= 0.3 is 6.09 Å². The third kappa shape index (κ3) is 3.94. The summed E-state index contributed by atoms with van der Waals surface area (Å²) in [7, 11) is 0. The van der Waals surface area contributed by atoms with Crippen molar-refractivity contribution >= 4 is 40.7 Å². The molecule has 0 aliphatic carbocycles. The fraction of sp³-hybridized carbons (Fsp3) is 0.267. The molecule has 2 aromatic rings. The Kier molecular flexibility index (Phi) is 4.88. The number of nitrogens with one attached hydrogen (secondary N) is 2. The Balaban J connectivity index is 1.73. The van der Waals surface area contributed by atoms with E-state index in [1.54, 1.807) is 0 Å². The van der Waals surface area contributed by atoms with Crippen LogP contribution in [-0.2, 0) is 9.53 Å². The number of cyclic esters (lactones) is 1. The number of nitrogen functional groups attached to an aromatic ring is 2. The van der Waals surface area contributed by atoms with Crippen molar-refractivity contribution in [2.24, 2.45) is 10.2 Å². The van der Waals surface area contributed by atoms with E-state index in [0.29, 0.717) is 5.69 Å². The summed E-state index contributed by atoms with van der Waals surface area (Å²) >= 11 is 0. The highest BCUT2D eigenvalue weighted by Crippen LogP contribution is 2.31. The van der Waals surface area contributed by atoms with Crippen molar-refractivity contribution in [2.75, 3.05) is 29.5 Å². The van der Waals surface area contributed by atoms with Gasteiger partial charge in [-0.1, -0.05) is 0 Å². The molecule has 0 spiro atoms. The van der Waals surface area contributed by atoms with Gasteiger partial charge in [0.15, 0.2) is 17.3 Å². The minimum absolute atomic E-state index is 0.0401. The van der Waals surface area contributed by atoms with Gasteiger partial charge in [0.05, 0.1) is 18.8 Å². The van der Waals surface area contributed by atoms with Crippen LogP contribution in [0.5, 0.6) is 0 Å². The van der Waals surface area contributed by atoms with Gasteiger partial charge in [-0.3, -0.25) is 14.8 Å². The second-order valence-corrected chi connectivity index (χ2v) is 5.76. The third-order valence-electron chi connectivity index (χ3n) is 3.75. The number of carbonyl (C=O) groups excluding carboxylic acids is 2. The summed E-state index contributed by atoms with van der Waals surface area (Å²) < 4.78 is 19.5. The van der Waals surface area contributed by atoms with E-state index >= 15 is 0 Å². The number of H-pyrrole nitrogens is 1. The molecule has 0 bridgehead atoms. The number of carbonyl (C=O) groups is 2. The molecule has 1 saturated heterocycles. The summed E-state index contributed by atoms with van der Waals surface area (Å²) in [5, 5.41) is 16.2. The molecule has 1 atom stereocenters. The number of aromatic amines is 1. The lowest BCUT2D eigenvalue weighted by Gasteiger charge is -2.13. The summed E-state index contributed by atoms with van der Waals surface area (Å²) in [6.45, 7) is 1.73. The van der Waals surface area contributed by atoms with Crippen molar-refractivity contribution in [1.29, 1.82) is 0 Å². The minimum Gasteiger partial charge on any atom is -0.442 e. The Morgan fingerprint density at radius 1 is 1.48 bits per heavy atom. The quantitative estimate of drug-likeness (QED) is 0.579. The van der Waals surface area contributed by atoms with Gasteiger partial charge in [-0.25, -0.2) is 9.18 Å². The van der Waals surface area contributed by atoms with Crippen LogP contribution in [-0.4, -0.2) is 41.4 Å². The van der Waals surface area contributed by atoms with Crippen LogP contribution in [0.15, 0.2) is 28.4 Å².